The van der Waals surface area contributed by atoms with Gasteiger partial charge >= 0.3 is 0 Å². The Morgan fingerprint density at radius 1 is 0.462 bits per heavy atom. The van der Waals surface area contributed by atoms with Gasteiger partial charge in [-0.2, -0.15) is 0 Å². The van der Waals surface area contributed by atoms with E-state index in [0.717, 1.165) is 0 Å². The molecule has 0 aliphatic rings. The Morgan fingerprint density at radius 3 is 1.73 bits per heavy atom. The quantitative estimate of drug-likeness (QED) is 0.293. The fourth-order valence-electron chi connectivity index (χ4n) is 4.45. The monoisotopic (exact) mass is 338 g/mol. The first kappa shape index (κ1) is 15.3. The van der Waals surface area contributed by atoms with Crippen molar-refractivity contribution in [3.8, 4) is 0 Å². The molecule has 5 aromatic carbocycles. The van der Waals surface area contributed by atoms with Crippen molar-refractivity contribution in [3.05, 3.63) is 60.7 Å². The van der Waals surface area contributed by atoms with Gasteiger partial charge in [0.15, 0.2) is 0 Å². The predicted octanol–water partition coefficient (Wildman–Crippen LogP) is 5.87. The molecule has 0 aliphatic heterocycles. The second-order valence-electron chi connectivity index (χ2n) is 7.51. The van der Waals surface area contributed by atoms with Crippen LogP contribution in [-0.2, 0) is 0 Å². The highest BCUT2D eigenvalue weighted by molar-refractivity contribution is 6.36. The highest BCUT2D eigenvalue weighted by Gasteiger charge is 2.18. The number of anilines is 2. The zero-order valence-corrected chi connectivity index (χ0v) is 15.7. The van der Waals surface area contributed by atoms with Crippen molar-refractivity contribution in [1.82, 2.24) is 0 Å². The lowest BCUT2D eigenvalue weighted by atomic mass is 9.88. The van der Waals surface area contributed by atoms with Crippen LogP contribution in [0.3, 0.4) is 0 Å². The van der Waals surface area contributed by atoms with Crippen LogP contribution in [0.4, 0.5) is 11.4 Å². The first-order chi connectivity index (χ1) is 12.6. The standard InChI is InChI=1S/C24H22N2/c1-25(2)20-13-11-17-16-9-5-7-15-8-6-10-19(22(15)16)24-21(26(3)4)14-12-18(20)23(17)24/h5-14H,1-4H3. The van der Waals surface area contributed by atoms with E-state index in [4.69, 9.17) is 0 Å². The van der Waals surface area contributed by atoms with E-state index in [0.29, 0.717) is 0 Å². The van der Waals surface area contributed by atoms with Gasteiger partial charge in [0.1, 0.15) is 0 Å². The molecular weight excluding hydrogens is 316 g/mol. The Labute approximate surface area is 153 Å². The second kappa shape index (κ2) is 5.25. The van der Waals surface area contributed by atoms with Gasteiger partial charge in [-0.3, -0.25) is 0 Å². The highest BCUT2D eigenvalue weighted by Crippen LogP contribution is 2.45. The van der Waals surface area contributed by atoms with Gasteiger partial charge in [0.2, 0.25) is 0 Å². The number of hydrogen-bond donors (Lipinski definition) is 0. The lowest BCUT2D eigenvalue weighted by molar-refractivity contribution is 1.14. The lowest BCUT2D eigenvalue weighted by Gasteiger charge is -2.23. The molecule has 0 heterocycles. The predicted molar refractivity (Wildman–Crippen MR) is 116 cm³/mol. The summed E-state index contributed by atoms with van der Waals surface area (Å²) in [6.45, 7) is 0. The van der Waals surface area contributed by atoms with Crippen LogP contribution in [0.2, 0.25) is 0 Å². The first-order valence-electron chi connectivity index (χ1n) is 9.05. The maximum absolute atomic E-state index is 2.30. The molecule has 0 saturated carbocycles. The summed E-state index contributed by atoms with van der Waals surface area (Å²) in [4.78, 5) is 4.44. The van der Waals surface area contributed by atoms with Crippen LogP contribution in [0.5, 0.6) is 0 Å². The van der Waals surface area contributed by atoms with Crippen molar-refractivity contribution in [3.63, 3.8) is 0 Å². The van der Waals surface area contributed by atoms with Crippen LogP contribution in [0.25, 0.3) is 43.1 Å². The van der Waals surface area contributed by atoms with E-state index in [1.54, 1.807) is 0 Å². The zero-order valence-electron chi connectivity index (χ0n) is 15.7. The molecule has 0 N–H and O–H groups in total. The summed E-state index contributed by atoms with van der Waals surface area (Å²) in [6.07, 6.45) is 0. The van der Waals surface area contributed by atoms with E-state index in [-0.39, 0.29) is 0 Å². The molecule has 0 atom stereocenters. The average molecular weight is 338 g/mol. The van der Waals surface area contributed by atoms with Crippen molar-refractivity contribution >= 4 is 54.5 Å². The second-order valence-corrected chi connectivity index (χ2v) is 7.51. The molecule has 0 fully saturated rings. The summed E-state index contributed by atoms with van der Waals surface area (Å²) in [5.74, 6) is 0. The van der Waals surface area contributed by atoms with Crippen molar-refractivity contribution in [2.24, 2.45) is 0 Å². The molecule has 26 heavy (non-hydrogen) atoms. The molecule has 5 aromatic rings. The fourth-order valence-corrected chi connectivity index (χ4v) is 4.45. The van der Waals surface area contributed by atoms with E-state index < -0.39 is 0 Å². The SMILES string of the molecule is CN(C)c1ccc2c3cccc4cccc(c5c(N(C)C)ccc1c25)c43. The molecule has 2 heteroatoms. The van der Waals surface area contributed by atoms with E-state index >= 15 is 0 Å². The molecule has 0 spiro atoms. The summed E-state index contributed by atoms with van der Waals surface area (Å²) in [5, 5.41) is 10.8. The van der Waals surface area contributed by atoms with Gasteiger partial charge in [0, 0.05) is 55.7 Å². The molecule has 0 amide bonds. The van der Waals surface area contributed by atoms with Gasteiger partial charge in [0.25, 0.3) is 0 Å². The number of benzene rings is 5. The molecule has 0 radical (unpaired) electrons. The van der Waals surface area contributed by atoms with Gasteiger partial charge in [-0.1, -0.05) is 48.5 Å². The van der Waals surface area contributed by atoms with E-state index in [1.165, 1.54) is 54.5 Å². The number of nitrogens with zero attached hydrogens (tertiary/aromatic N) is 2. The Morgan fingerprint density at radius 2 is 1.04 bits per heavy atom. The van der Waals surface area contributed by atoms with Crippen molar-refractivity contribution < 1.29 is 0 Å². The van der Waals surface area contributed by atoms with Crippen LogP contribution in [0.1, 0.15) is 0 Å². The number of hydrogen-bond acceptors (Lipinski definition) is 2. The van der Waals surface area contributed by atoms with Crippen LogP contribution in [0.15, 0.2) is 60.7 Å². The Kier molecular flexibility index (Phi) is 3.08. The van der Waals surface area contributed by atoms with Crippen molar-refractivity contribution in [2.75, 3.05) is 38.0 Å². The summed E-state index contributed by atoms with van der Waals surface area (Å²) < 4.78 is 0. The van der Waals surface area contributed by atoms with Gasteiger partial charge in [-0.15, -0.1) is 0 Å². The van der Waals surface area contributed by atoms with E-state index in [9.17, 15) is 0 Å². The third-order valence-electron chi connectivity index (χ3n) is 5.56. The minimum absolute atomic E-state index is 1.27. The van der Waals surface area contributed by atoms with Gasteiger partial charge in [-0.25, -0.2) is 0 Å². The van der Waals surface area contributed by atoms with Gasteiger partial charge < -0.3 is 9.80 Å². The largest absolute Gasteiger partial charge is 0.377 e. The Balaban J connectivity index is 2.19. The molecule has 2 nitrogen and oxygen atoms in total. The molecular formula is C24H22N2. The van der Waals surface area contributed by atoms with E-state index in [1.807, 2.05) is 0 Å². The van der Waals surface area contributed by atoms with Crippen LogP contribution in [0, 0.1) is 0 Å². The fraction of sp³-hybridized carbons (Fsp3) is 0.167. The molecule has 0 saturated heterocycles. The third-order valence-corrected chi connectivity index (χ3v) is 5.56. The molecule has 5 rings (SSSR count). The maximum Gasteiger partial charge on any atom is 0.0447 e. The van der Waals surface area contributed by atoms with Crippen LogP contribution >= 0.6 is 0 Å². The molecule has 0 aromatic heterocycles. The van der Waals surface area contributed by atoms with E-state index in [2.05, 4.69) is 98.7 Å². The minimum atomic E-state index is 1.27. The van der Waals surface area contributed by atoms with Crippen molar-refractivity contribution in [1.29, 1.82) is 0 Å². The molecule has 0 unspecified atom stereocenters. The minimum Gasteiger partial charge on any atom is -0.377 e. The summed E-state index contributed by atoms with van der Waals surface area (Å²) in [7, 11) is 8.50. The summed E-state index contributed by atoms with van der Waals surface area (Å²) in [6, 6.07) is 22.4. The van der Waals surface area contributed by atoms with Crippen LogP contribution < -0.4 is 9.80 Å². The topological polar surface area (TPSA) is 6.48 Å². The van der Waals surface area contributed by atoms with Crippen molar-refractivity contribution in [2.45, 2.75) is 0 Å². The molecule has 0 bridgehead atoms. The average Bonchev–Trinajstić information content (AvgIpc) is 2.64. The highest BCUT2D eigenvalue weighted by atomic mass is 15.1. The number of fused-ring (bicyclic) bond motifs is 2. The Bertz CT molecular complexity index is 1280. The number of rotatable bonds is 2. The lowest BCUT2D eigenvalue weighted by Crippen LogP contribution is -2.11. The summed E-state index contributed by atoms with van der Waals surface area (Å²) in [5.41, 5.74) is 2.54. The molecule has 128 valence electrons. The maximum atomic E-state index is 2.30. The third kappa shape index (κ3) is 1.87. The van der Waals surface area contributed by atoms with Crippen LogP contribution in [-0.4, -0.2) is 28.2 Å². The van der Waals surface area contributed by atoms with Gasteiger partial charge in [-0.05, 0) is 39.1 Å². The van der Waals surface area contributed by atoms with Gasteiger partial charge in [0.05, 0.1) is 0 Å². The smallest absolute Gasteiger partial charge is 0.0447 e. The Hall–Kier alpha value is -3.00. The summed E-state index contributed by atoms with van der Waals surface area (Å²) >= 11 is 0. The molecule has 0 aliphatic carbocycles. The zero-order chi connectivity index (χ0) is 18.0. The first-order valence-corrected chi connectivity index (χ1v) is 9.05. The normalized spacial score (nSPS) is 11.8.